The van der Waals surface area contributed by atoms with E-state index in [1.165, 1.54) is 0 Å². The van der Waals surface area contributed by atoms with Crippen LogP contribution in [0.15, 0.2) is 54.6 Å². The topological polar surface area (TPSA) is 145 Å². The van der Waals surface area contributed by atoms with Gasteiger partial charge in [-0.3, -0.25) is 9.59 Å². The van der Waals surface area contributed by atoms with Gasteiger partial charge in [0.2, 0.25) is 5.91 Å². The van der Waals surface area contributed by atoms with Crippen molar-refractivity contribution in [2.75, 3.05) is 45.7 Å². The molecule has 0 spiro atoms. The summed E-state index contributed by atoms with van der Waals surface area (Å²) in [5.41, 5.74) is 13.4. The number of benzene rings is 2. The summed E-state index contributed by atoms with van der Waals surface area (Å²) in [4.78, 5) is 32.9. The molecule has 2 amide bonds. The van der Waals surface area contributed by atoms with Crippen molar-refractivity contribution in [1.82, 2.24) is 20.6 Å². The van der Waals surface area contributed by atoms with Crippen LogP contribution in [-0.2, 0) is 17.8 Å². The summed E-state index contributed by atoms with van der Waals surface area (Å²) < 4.78 is 6.46. The van der Waals surface area contributed by atoms with Crippen molar-refractivity contribution in [2.24, 2.45) is 0 Å². The molecule has 0 saturated carbocycles. The molecular weight excluding hydrogens is 530 g/mol. The molecule has 0 aliphatic heterocycles. The monoisotopic (exact) mass is 568 g/mol. The first-order valence-corrected chi connectivity index (χ1v) is 13.6. The summed E-state index contributed by atoms with van der Waals surface area (Å²) in [6, 6.07) is 17.7. The minimum atomic E-state index is -0.451. The zero-order valence-electron chi connectivity index (χ0n) is 23.3. The van der Waals surface area contributed by atoms with Crippen LogP contribution in [0.5, 0.6) is 5.75 Å². The Labute approximate surface area is 240 Å². The molecule has 0 unspecified atom stereocenters. The summed E-state index contributed by atoms with van der Waals surface area (Å²) in [6.07, 6.45) is 2.88. The molecule has 0 bridgehead atoms. The number of hydrogen-bond donors (Lipinski definition) is 4. The van der Waals surface area contributed by atoms with Gasteiger partial charge < -0.3 is 31.3 Å². The standard InChI is InChI=1S/C29H38ClN7O3/c1-37(2,3)22(18-34-29(39)25-27(31)36-28(32)26(30)35-25)11-7-8-16-33-24(38)17-20-12-14-23(15-13-20)40-19-21-9-5-4-6-10-21/h4-6,9-10,12-15,22H,7-8,11,16-19H2,1-3H3,(H5-,31,32,33,34,36,38,39)/p+1/t22-/m0/s1. The number of rotatable bonds is 14. The predicted octanol–water partition coefficient (Wildman–Crippen LogP) is 3.21. The van der Waals surface area contributed by atoms with Gasteiger partial charge in [0.15, 0.2) is 22.5 Å². The Bertz CT molecular complexity index is 1270. The lowest BCUT2D eigenvalue weighted by molar-refractivity contribution is -0.895. The normalized spacial score (nSPS) is 12.0. The summed E-state index contributed by atoms with van der Waals surface area (Å²) in [5.74, 6) is 0.214. The van der Waals surface area contributed by atoms with E-state index in [0.717, 1.165) is 36.1 Å². The van der Waals surface area contributed by atoms with Crippen LogP contribution in [-0.4, -0.2) is 66.5 Å². The number of amides is 2. The molecule has 0 saturated heterocycles. The first kappa shape index (κ1) is 30.6. The van der Waals surface area contributed by atoms with Gasteiger partial charge in [-0.1, -0.05) is 54.1 Å². The van der Waals surface area contributed by atoms with Crippen LogP contribution in [0.3, 0.4) is 0 Å². The number of halogens is 1. The number of aromatic nitrogens is 2. The number of unbranched alkanes of at least 4 members (excludes halogenated alkanes) is 1. The second-order valence-electron chi connectivity index (χ2n) is 10.6. The van der Waals surface area contributed by atoms with Gasteiger partial charge in [-0.2, -0.15) is 0 Å². The SMILES string of the molecule is C[N+](C)(C)[C@@H](CCCCNC(=O)Cc1ccc(OCc2ccccc2)cc1)CNC(=O)c1nc(Cl)c(N)nc1N. The molecule has 0 aliphatic carbocycles. The highest BCUT2D eigenvalue weighted by Crippen LogP contribution is 2.18. The molecule has 0 fully saturated rings. The van der Waals surface area contributed by atoms with Gasteiger partial charge in [0.05, 0.1) is 34.1 Å². The van der Waals surface area contributed by atoms with E-state index >= 15 is 0 Å². The van der Waals surface area contributed by atoms with Gasteiger partial charge >= 0.3 is 0 Å². The first-order chi connectivity index (χ1) is 19.0. The van der Waals surface area contributed by atoms with E-state index < -0.39 is 5.91 Å². The second-order valence-corrected chi connectivity index (χ2v) is 10.9. The molecule has 40 heavy (non-hydrogen) atoms. The number of likely N-dealkylation sites (N-methyl/N-ethyl adjacent to an activating group) is 1. The number of carbonyl (C=O) groups is 2. The predicted molar refractivity (Wildman–Crippen MR) is 158 cm³/mol. The average Bonchev–Trinajstić information content (AvgIpc) is 2.91. The lowest BCUT2D eigenvalue weighted by Gasteiger charge is -2.34. The molecule has 3 aromatic rings. The minimum absolute atomic E-state index is 0.0192. The van der Waals surface area contributed by atoms with Gasteiger partial charge in [0.25, 0.3) is 5.91 Å². The molecule has 1 heterocycles. The van der Waals surface area contributed by atoms with E-state index in [9.17, 15) is 9.59 Å². The number of anilines is 2. The molecule has 10 nitrogen and oxygen atoms in total. The fraction of sp³-hybridized carbons (Fsp3) is 0.379. The zero-order chi connectivity index (χ0) is 29.1. The Morgan fingerprint density at radius 3 is 2.30 bits per heavy atom. The van der Waals surface area contributed by atoms with Gasteiger partial charge in [-0.25, -0.2) is 9.97 Å². The van der Waals surface area contributed by atoms with Crippen LogP contribution in [0.1, 0.15) is 40.9 Å². The maximum absolute atomic E-state index is 12.6. The van der Waals surface area contributed by atoms with Crippen molar-refractivity contribution in [1.29, 1.82) is 0 Å². The van der Waals surface area contributed by atoms with E-state index in [1.807, 2.05) is 54.6 Å². The third kappa shape index (κ3) is 9.69. The van der Waals surface area contributed by atoms with Crippen molar-refractivity contribution in [3.05, 3.63) is 76.6 Å². The number of nitrogens with zero attached hydrogens (tertiary/aromatic N) is 3. The molecular formula is C29H39ClN7O3+. The molecule has 2 aromatic carbocycles. The lowest BCUT2D eigenvalue weighted by atomic mass is 10.1. The van der Waals surface area contributed by atoms with Crippen LogP contribution >= 0.6 is 11.6 Å². The Morgan fingerprint density at radius 2 is 1.62 bits per heavy atom. The smallest absolute Gasteiger partial charge is 0.274 e. The van der Waals surface area contributed by atoms with Gasteiger partial charge in [-0.15, -0.1) is 0 Å². The quantitative estimate of drug-likeness (QED) is 0.172. The molecule has 3 rings (SSSR count). The molecule has 11 heteroatoms. The number of nitrogen functional groups attached to an aromatic ring is 2. The number of hydrogen-bond acceptors (Lipinski definition) is 7. The largest absolute Gasteiger partial charge is 0.489 e. The average molecular weight is 569 g/mol. The highest BCUT2D eigenvalue weighted by Gasteiger charge is 2.25. The molecule has 1 aromatic heterocycles. The van der Waals surface area contributed by atoms with E-state index in [1.54, 1.807) is 0 Å². The summed E-state index contributed by atoms with van der Waals surface area (Å²) in [6.45, 7) is 1.51. The van der Waals surface area contributed by atoms with Gasteiger partial charge in [-0.05, 0) is 36.1 Å². The van der Waals surface area contributed by atoms with Crippen LogP contribution in [0.4, 0.5) is 11.6 Å². The van der Waals surface area contributed by atoms with Gasteiger partial charge in [0.1, 0.15) is 18.4 Å². The third-order valence-corrected chi connectivity index (χ3v) is 6.81. The van der Waals surface area contributed by atoms with Crippen molar-refractivity contribution in [2.45, 2.75) is 38.3 Å². The molecule has 0 radical (unpaired) electrons. The number of carbonyl (C=O) groups excluding carboxylic acids is 2. The number of nitrogens with one attached hydrogen (secondary N) is 2. The van der Waals surface area contributed by atoms with Crippen LogP contribution < -0.4 is 26.8 Å². The van der Waals surface area contributed by atoms with Gasteiger partial charge in [0, 0.05) is 13.0 Å². The van der Waals surface area contributed by atoms with E-state index in [4.69, 9.17) is 27.8 Å². The molecule has 1 atom stereocenters. The highest BCUT2D eigenvalue weighted by atomic mass is 35.5. The summed E-state index contributed by atoms with van der Waals surface area (Å²) >= 11 is 5.90. The fourth-order valence-corrected chi connectivity index (χ4v) is 4.22. The van der Waals surface area contributed by atoms with Crippen molar-refractivity contribution >= 4 is 35.1 Å². The first-order valence-electron chi connectivity index (χ1n) is 13.2. The van der Waals surface area contributed by atoms with E-state index in [0.29, 0.717) is 30.6 Å². The fourth-order valence-electron chi connectivity index (χ4n) is 4.09. The molecule has 6 N–H and O–H groups in total. The van der Waals surface area contributed by atoms with Crippen LogP contribution in [0.25, 0.3) is 0 Å². The van der Waals surface area contributed by atoms with E-state index in [2.05, 4.69) is 41.7 Å². The molecule has 0 aliphatic rings. The Hall–Kier alpha value is -3.89. The van der Waals surface area contributed by atoms with Crippen molar-refractivity contribution in [3.63, 3.8) is 0 Å². The van der Waals surface area contributed by atoms with Crippen molar-refractivity contribution in [3.8, 4) is 5.75 Å². The highest BCUT2D eigenvalue weighted by molar-refractivity contribution is 6.31. The Balaban J connectivity index is 1.37. The maximum atomic E-state index is 12.6. The maximum Gasteiger partial charge on any atom is 0.274 e. The van der Waals surface area contributed by atoms with E-state index in [-0.39, 0.29) is 34.4 Å². The van der Waals surface area contributed by atoms with Crippen LogP contribution in [0, 0.1) is 0 Å². The minimum Gasteiger partial charge on any atom is -0.489 e. The third-order valence-electron chi connectivity index (χ3n) is 6.54. The Morgan fingerprint density at radius 1 is 0.925 bits per heavy atom. The number of ether oxygens (including phenoxy) is 1. The summed E-state index contributed by atoms with van der Waals surface area (Å²) in [7, 11) is 6.22. The second kappa shape index (κ2) is 14.5. The van der Waals surface area contributed by atoms with Crippen LogP contribution in [0.2, 0.25) is 5.15 Å². The zero-order valence-corrected chi connectivity index (χ0v) is 24.1. The number of quaternary nitrogens is 1. The number of nitrogens with two attached hydrogens (primary N) is 2. The van der Waals surface area contributed by atoms with Crippen molar-refractivity contribution < 1.29 is 18.8 Å². The lowest BCUT2D eigenvalue weighted by Crippen LogP contribution is -2.51. The summed E-state index contributed by atoms with van der Waals surface area (Å²) in [5, 5.41) is 5.82. The molecule has 214 valence electrons. The Kier molecular flexibility index (Phi) is 11.1.